The number of allylic oxidation sites excluding steroid dienone is 3. The molecule has 0 unspecified atom stereocenters. The Morgan fingerprint density at radius 1 is 1.03 bits per heavy atom. The first-order valence-corrected chi connectivity index (χ1v) is 19.6. The summed E-state index contributed by atoms with van der Waals surface area (Å²) in [5.41, 5.74) is -7.87. The molecule has 4 aliphatic carbocycles. The molecule has 5 aliphatic rings. The summed E-state index contributed by atoms with van der Waals surface area (Å²) in [7, 11) is 0. The van der Waals surface area contributed by atoms with E-state index in [1.165, 1.54) is 26.0 Å². The van der Waals surface area contributed by atoms with Crippen LogP contribution in [0.25, 0.3) is 0 Å². The van der Waals surface area contributed by atoms with Crippen molar-refractivity contribution in [3.8, 4) is 0 Å². The van der Waals surface area contributed by atoms with Crippen molar-refractivity contribution in [2.75, 3.05) is 6.61 Å². The predicted octanol–water partition coefficient (Wildman–Crippen LogP) is 3.16. The number of amides is 1. The van der Waals surface area contributed by atoms with Gasteiger partial charge in [0.2, 0.25) is 0 Å². The monoisotopic (exact) mass is 809 g/mol. The van der Waals surface area contributed by atoms with Gasteiger partial charge in [0.1, 0.15) is 35.6 Å². The van der Waals surface area contributed by atoms with Gasteiger partial charge in [-0.15, -0.1) is 0 Å². The summed E-state index contributed by atoms with van der Waals surface area (Å²) in [6.45, 7) is 11.9. The smallest absolute Gasteiger partial charge is 0.408 e. The molecule has 0 aromatic heterocycles. The van der Waals surface area contributed by atoms with Gasteiger partial charge in [-0.05, 0) is 76.3 Å². The Hall–Kier alpha value is -4.41. The van der Waals surface area contributed by atoms with E-state index >= 15 is 0 Å². The summed E-state index contributed by atoms with van der Waals surface area (Å²) < 4.78 is 29.6. The summed E-state index contributed by atoms with van der Waals surface area (Å²) in [5.74, 6) is -5.30. The van der Waals surface area contributed by atoms with Crippen LogP contribution in [0.2, 0.25) is 0 Å². The fraction of sp³-hybridized carbons (Fsp3) is 0.605. The van der Waals surface area contributed by atoms with Gasteiger partial charge in [0.05, 0.1) is 35.6 Å². The summed E-state index contributed by atoms with van der Waals surface area (Å²) in [5, 5.41) is 51.7. The van der Waals surface area contributed by atoms with Crippen molar-refractivity contribution in [3.05, 3.63) is 70.8 Å². The number of nitrogens with one attached hydrogen (secondary N) is 1. The van der Waals surface area contributed by atoms with Crippen LogP contribution in [0.1, 0.15) is 91.4 Å². The van der Waals surface area contributed by atoms with Gasteiger partial charge in [-0.1, -0.05) is 50.3 Å². The molecule has 6 rings (SSSR count). The second-order valence-electron chi connectivity index (χ2n) is 17.9. The van der Waals surface area contributed by atoms with Crippen LogP contribution < -0.4 is 5.32 Å². The highest BCUT2D eigenvalue weighted by Crippen LogP contribution is 2.64. The molecule has 1 aromatic rings. The molecule has 316 valence electrons. The molecule has 1 saturated heterocycles. The minimum Gasteiger partial charge on any atom is -0.456 e. The molecule has 5 N–H and O–H groups in total. The van der Waals surface area contributed by atoms with Gasteiger partial charge in [-0.2, -0.15) is 0 Å². The number of aliphatic hydroxyl groups excluding tert-OH is 3. The number of aliphatic hydroxyl groups is 4. The molecule has 15 heteroatoms. The van der Waals surface area contributed by atoms with Crippen molar-refractivity contribution < 1.29 is 68.1 Å². The number of hydrogen-bond acceptors (Lipinski definition) is 14. The van der Waals surface area contributed by atoms with E-state index in [0.29, 0.717) is 18.4 Å². The molecule has 3 fully saturated rings. The second kappa shape index (κ2) is 15.3. The largest absolute Gasteiger partial charge is 0.456 e. The Bertz CT molecular complexity index is 1930. The summed E-state index contributed by atoms with van der Waals surface area (Å²) >= 11 is 0. The Morgan fingerprint density at radius 2 is 1.71 bits per heavy atom. The molecule has 58 heavy (non-hydrogen) atoms. The first-order valence-electron chi connectivity index (χ1n) is 19.6. The number of Topliss-reactive ketones (excluding diaryl/α,β-unsaturated/α-hetero) is 1. The third-order valence-corrected chi connectivity index (χ3v) is 12.9. The van der Waals surface area contributed by atoms with E-state index in [4.69, 9.17) is 23.7 Å². The number of ketones is 1. The zero-order valence-electron chi connectivity index (χ0n) is 34.1. The van der Waals surface area contributed by atoms with Crippen LogP contribution in [0.15, 0.2) is 65.3 Å². The Morgan fingerprint density at radius 3 is 2.28 bits per heavy atom. The molecule has 2 saturated carbocycles. The number of hydrogen-bond donors (Lipinski definition) is 5. The quantitative estimate of drug-likeness (QED) is 0.145. The molecule has 2 bridgehead atoms. The molecule has 1 heterocycles. The third-order valence-electron chi connectivity index (χ3n) is 12.9. The number of alkyl carbamates (subject to hydrolysis) is 1. The van der Waals surface area contributed by atoms with Crippen LogP contribution in [-0.2, 0) is 38.1 Å². The number of fused-ring (bicyclic) bond motifs is 5. The SMILES string of the molecule is CC(=O)O[C@@]12CO[C@@H]1C[C@H](O)[C@@]1(C)C(=O)[C@H](O)C3=C(C)[C@@H](OC(=O)[C@H](O)[C@@H](NC(=O)OC(C)(C)C)C4=CC=CCC4)C[C@@](O)([C@@H](OC(=O)c4ccccc4)[C@H]21)C3(C)C. The van der Waals surface area contributed by atoms with Gasteiger partial charge < -0.3 is 49.4 Å². The van der Waals surface area contributed by atoms with Gasteiger partial charge in [-0.3, -0.25) is 9.59 Å². The molecule has 1 aliphatic heterocycles. The maximum absolute atomic E-state index is 15.0. The second-order valence-corrected chi connectivity index (χ2v) is 17.9. The fourth-order valence-corrected chi connectivity index (χ4v) is 9.81. The number of carbonyl (C=O) groups excluding carboxylic acids is 5. The van der Waals surface area contributed by atoms with Crippen molar-refractivity contribution in [2.24, 2.45) is 16.7 Å². The van der Waals surface area contributed by atoms with E-state index in [-0.39, 0.29) is 29.7 Å². The van der Waals surface area contributed by atoms with Crippen molar-refractivity contribution >= 4 is 29.8 Å². The van der Waals surface area contributed by atoms with E-state index in [9.17, 15) is 44.4 Å². The molecular weight excluding hydrogens is 754 g/mol. The average molecular weight is 810 g/mol. The molecule has 0 radical (unpaired) electrons. The van der Waals surface area contributed by atoms with Crippen LogP contribution in [0, 0.1) is 16.7 Å². The number of ether oxygens (including phenoxy) is 5. The highest BCUT2D eigenvalue weighted by molar-refractivity contribution is 5.94. The van der Waals surface area contributed by atoms with Gasteiger partial charge in [0, 0.05) is 25.2 Å². The molecule has 1 aromatic carbocycles. The zero-order valence-corrected chi connectivity index (χ0v) is 34.1. The molecule has 0 spiro atoms. The average Bonchev–Trinajstić information content (AvgIpc) is 3.14. The number of rotatable bonds is 8. The van der Waals surface area contributed by atoms with Crippen molar-refractivity contribution in [2.45, 2.75) is 141 Å². The summed E-state index contributed by atoms with van der Waals surface area (Å²) in [6, 6.07) is 6.59. The number of carbonyl (C=O) groups is 5. The highest BCUT2D eigenvalue weighted by atomic mass is 16.6. The first kappa shape index (κ1) is 43.2. The molecule has 15 nitrogen and oxygen atoms in total. The van der Waals surface area contributed by atoms with E-state index in [0.717, 1.165) is 6.92 Å². The van der Waals surface area contributed by atoms with Crippen molar-refractivity contribution in [1.29, 1.82) is 0 Å². The minimum absolute atomic E-state index is 0.0525. The number of benzene rings is 1. The Labute approximate surface area is 337 Å². The normalized spacial score (nSPS) is 35.0. The van der Waals surface area contributed by atoms with Crippen LogP contribution >= 0.6 is 0 Å². The molecular formula is C43H55NO14. The minimum atomic E-state index is -2.34. The van der Waals surface area contributed by atoms with Crippen molar-refractivity contribution in [1.82, 2.24) is 5.32 Å². The fourth-order valence-electron chi connectivity index (χ4n) is 9.81. The maximum atomic E-state index is 15.0. The Balaban J connectivity index is 1.48. The third kappa shape index (κ3) is 7.18. The number of esters is 3. The zero-order chi connectivity index (χ0) is 42.7. The topological polar surface area (TPSA) is 224 Å². The van der Waals surface area contributed by atoms with Crippen LogP contribution in [0.5, 0.6) is 0 Å². The van der Waals surface area contributed by atoms with Crippen LogP contribution in [-0.4, -0.2) is 116 Å². The van der Waals surface area contributed by atoms with E-state index < -0.39 is 112 Å². The highest BCUT2D eigenvalue weighted by Gasteiger charge is 2.78. The van der Waals surface area contributed by atoms with Gasteiger partial charge in [-0.25, -0.2) is 14.4 Å². The standard InChI is InChI=1S/C43H55NO14/c1-22-26(55-37(51)32(48)30(24-15-11-9-12-16-24)44-38(52)58-39(3,4)5)20-43(53)35(56-36(50)25-17-13-10-14-18-25)33-41(8,34(49)31(47)29(22)40(43,6)7)27(46)19-28-42(33,21-54-28)57-23(2)45/h9-11,13-15,17-18,26-28,30-33,35,46-48,53H,12,16,19-21H2,1-8H3,(H,44,52)/t26-,27-,28+,30-,31+,32+,33-,35-,41+,42-,43+/m0/s1. The molecule has 11 atom stereocenters. The van der Waals surface area contributed by atoms with Crippen LogP contribution in [0.3, 0.4) is 0 Å². The van der Waals surface area contributed by atoms with Crippen LogP contribution in [0.4, 0.5) is 4.79 Å². The van der Waals surface area contributed by atoms with E-state index in [1.54, 1.807) is 65.0 Å². The lowest BCUT2D eigenvalue weighted by atomic mass is 9.44. The lowest BCUT2D eigenvalue weighted by Crippen LogP contribution is -2.81. The van der Waals surface area contributed by atoms with Crippen molar-refractivity contribution in [3.63, 3.8) is 0 Å². The van der Waals surface area contributed by atoms with Gasteiger partial charge >= 0.3 is 24.0 Å². The predicted molar refractivity (Wildman–Crippen MR) is 205 cm³/mol. The lowest BCUT2D eigenvalue weighted by molar-refractivity contribution is -0.346. The summed E-state index contributed by atoms with van der Waals surface area (Å²) in [6.07, 6.45) is -5.09. The van der Waals surface area contributed by atoms with Gasteiger partial charge in [0.25, 0.3) is 0 Å². The van der Waals surface area contributed by atoms with E-state index in [2.05, 4.69) is 5.32 Å². The first-order chi connectivity index (χ1) is 27.0. The van der Waals surface area contributed by atoms with E-state index in [1.807, 2.05) is 6.08 Å². The molecule has 1 amide bonds. The van der Waals surface area contributed by atoms with Gasteiger partial charge in [0.15, 0.2) is 17.5 Å². The maximum Gasteiger partial charge on any atom is 0.408 e. The Kier molecular flexibility index (Phi) is 11.4. The summed E-state index contributed by atoms with van der Waals surface area (Å²) in [4.78, 5) is 69.0. The lowest BCUT2D eigenvalue weighted by Gasteiger charge is -2.67.